The van der Waals surface area contributed by atoms with E-state index in [1.807, 2.05) is 0 Å². The summed E-state index contributed by atoms with van der Waals surface area (Å²) >= 11 is 0. The quantitative estimate of drug-likeness (QED) is 0.779. The van der Waals surface area contributed by atoms with Gasteiger partial charge in [0.2, 0.25) is 0 Å². The van der Waals surface area contributed by atoms with Crippen LogP contribution in [-0.4, -0.2) is 18.2 Å². The van der Waals surface area contributed by atoms with E-state index in [1.54, 1.807) is 12.1 Å². The standard InChI is InChI=1S/C12H16FNO/c13-11-5-1-3-9(7-11)12(15)10-4-2-6-14-8-10/h1,3,5,7,10,12,14-15H,2,4,6,8H2. The lowest BCUT2D eigenvalue weighted by Gasteiger charge is -2.27. The fourth-order valence-corrected chi connectivity index (χ4v) is 2.11. The van der Waals surface area contributed by atoms with Gasteiger partial charge in [0.25, 0.3) is 0 Å². The smallest absolute Gasteiger partial charge is 0.123 e. The van der Waals surface area contributed by atoms with E-state index in [1.165, 1.54) is 12.1 Å². The van der Waals surface area contributed by atoms with Crippen molar-refractivity contribution in [3.05, 3.63) is 35.6 Å². The van der Waals surface area contributed by atoms with Crippen LogP contribution in [0.5, 0.6) is 0 Å². The van der Waals surface area contributed by atoms with Gasteiger partial charge in [0, 0.05) is 12.5 Å². The van der Waals surface area contributed by atoms with E-state index in [9.17, 15) is 9.50 Å². The van der Waals surface area contributed by atoms with Gasteiger partial charge in [0.1, 0.15) is 5.82 Å². The summed E-state index contributed by atoms with van der Waals surface area (Å²) in [6.45, 7) is 1.84. The Morgan fingerprint density at radius 3 is 3.00 bits per heavy atom. The summed E-state index contributed by atoms with van der Waals surface area (Å²) in [5.41, 5.74) is 0.684. The molecule has 0 bridgehead atoms. The molecule has 1 aromatic rings. The second-order valence-corrected chi connectivity index (χ2v) is 4.11. The van der Waals surface area contributed by atoms with Gasteiger partial charge in [-0.1, -0.05) is 12.1 Å². The molecule has 0 radical (unpaired) electrons. The van der Waals surface area contributed by atoms with Gasteiger partial charge in [-0.15, -0.1) is 0 Å². The van der Waals surface area contributed by atoms with Crippen LogP contribution in [0.2, 0.25) is 0 Å². The molecule has 1 aliphatic rings. The predicted molar refractivity (Wildman–Crippen MR) is 57.0 cm³/mol. The Balaban J connectivity index is 2.08. The van der Waals surface area contributed by atoms with Crippen LogP contribution in [0.1, 0.15) is 24.5 Å². The summed E-state index contributed by atoms with van der Waals surface area (Å²) in [6, 6.07) is 6.24. The molecule has 1 heterocycles. The van der Waals surface area contributed by atoms with Crippen molar-refractivity contribution in [1.82, 2.24) is 5.32 Å². The summed E-state index contributed by atoms with van der Waals surface area (Å²) in [5.74, 6) is -0.0733. The molecular formula is C12H16FNO. The molecule has 2 N–H and O–H groups in total. The van der Waals surface area contributed by atoms with Gasteiger partial charge in [0.15, 0.2) is 0 Å². The molecule has 1 aromatic carbocycles. The number of aliphatic hydroxyl groups excluding tert-OH is 1. The van der Waals surface area contributed by atoms with Crippen molar-refractivity contribution in [2.45, 2.75) is 18.9 Å². The maximum Gasteiger partial charge on any atom is 0.123 e. The first-order valence-electron chi connectivity index (χ1n) is 5.41. The Morgan fingerprint density at radius 1 is 1.47 bits per heavy atom. The first-order valence-corrected chi connectivity index (χ1v) is 5.41. The van der Waals surface area contributed by atoms with Crippen LogP contribution in [0, 0.1) is 11.7 Å². The van der Waals surface area contributed by atoms with Crippen molar-refractivity contribution in [1.29, 1.82) is 0 Å². The molecule has 0 saturated carbocycles. The molecule has 2 unspecified atom stereocenters. The highest BCUT2D eigenvalue weighted by Gasteiger charge is 2.22. The maximum absolute atomic E-state index is 13.0. The fraction of sp³-hybridized carbons (Fsp3) is 0.500. The number of benzene rings is 1. The summed E-state index contributed by atoms with van der Waals surface area (Å²) in [7, 11) is 0. The number of aliphatic hydroxyl groups is 1. The molecule has 2 rings (SSSR count). The second-order valence-electron chi connectivity index (χ2n) is 4.11. The molecule has 0 amide bonds. The van der Waals surface area contributed by atoms with E-state index in [2.05, 4.69) is 5.32 Å². The Morgan fingerprint density at radius 2 is 2.33 bits per heavy atom. The van der Waals surface area contributed by atoms with Crippen molar-refractivity contribution in [3.8, 4) is 0 Å². The number of halogens is 1. The van der Waals surface area contributed by atoms with Crippen LogP contribution in [-0.2, 0) is 0 Å². The van der Waals surface area contributed by atoms with Crippen LogP contribution in [0.25, 0.3) is 0 Å². The fourth-order valence-electron chi connectivity index (χ4n) is 2.11. The minimum absolute atomic E-state index is 0.209. The third kappa shape index (κ3) is 2.55. The van der Waals surface area contributed by atoms with Gasteiger partial charge in [-0.05, 0) is 37.1 Å². The number of piperidine rings is 1. The molecule has 0 aromatic heterocycles. The zero-order valence-electron chi connectivity index (χ0n) is 8.62. The zero-order chi connectivity index (χ0) is 10.7. The number of hydrogen-bond acceptors (Lipinski definition) is 2. The highest BCUT2D eigenvalue weighted by Crippen LogP contribution is 2.27. The third-order valence-electron chi connectivity index (χ3n) is 2.97. The maximum atomic E-state index is 13.0. The Hall–Kier alpha value is -0.930. The topological polar surface area (TPSA) is 32.3 Å². The molecule has 1 aliphatic heterocycles. The number of rotatable bonds is 2. The molecule has 2 atom stereocenters. The van der Waals surface area contributed by atoms with Crippen molar-refractivity contribution in [2.75, 3.05) is 13.1 Å². The molecule has 1 saturated heterocycles. The van der Waals surface area contributed by atoms with E-state index in [0.29, 0.717) is 5.56 Å². The van der Waals surface area contributed by atoms with Gasteiger partial charge in [0.05, 0.1) is 6.10 Å². The minimum atomic E-state index is -0.548. The van der Waals surface area contributed by atoms with Crippen LogP contribution in [0.4, 0.5) is 4.39 Å². The van der Waals surface area contributed by atoms with E-state index in [-0.39, 0.29) is 11.7 Å². The first-order chi connectivity index (χ1) is 7.27. The molecule has 0 aliphatic carbocycles. The van der Waals surface area contributed by atoms with Crippen molar-refractivity contribution < 1.29 is 9.50 Å². The van der Waals surface area contributed by atoms with E-state index >= 15 is 0 Å². The highest BCUT2D eigenvalue weighted by molar-refractivity contribution is 5.19. The summed E-state index contributed by atoms with van der Waals surface area (Å²) < 4.78 is 13.0. The average molecular weight is 209 g/mol. The summed E-state index contributed by atoms with van der Waals surface area (Å²) in [4.78, 5) is 0. The predicted octanol–water partition coefficient (Wildman–Crippen LogP) is 1.86. The van der Waals surface area contributed by atoms with Crippen molar-refractivity contribution in [3.63, 3.8) is 0 Å². The van der Waals surface area contributed by atoms with Crippen LogP contribution >= 0.6 is 0 Å². The second kappa shape index (κ2) is 4.73. The third-order valence-corrected chi connectivity index (χ3v) is 2.97. The molecule has 82 valence electrons. The first kappa shape index (κ1) is 10.6. The van der Waals surface area contributed by atoms with Crippen molar-refractivity contribution in [2.24, 2.45) is 5.92 Å². The highest BCUT2D eigenvalue weighted by atomic mass is 19.1. The lowest BCUT2D eigenvalue weighted by atomic mass is 9.89. The molecule has 1 fully saturated rings. The monoisotopic (exact) mass is 209 g/mol. The molecule has 2 nitrogen and oxygen atoms in total. The van der Waals surface area contributed by atoms with Gasteiger partial charge >= 0.3 is 0 Å². The molecule has 15 heavy (non-hydrogen) atoms. The Bertz CT molecular complexity index is 323. The molecule has 3 heteroatoms. The summed E-state index contributed by atoms with van der Waals surface area (Å²) in [6.07, 6.45) is 1.54. The SMILES string of the molecule is OC(c1cccc(F)c1)C1CCCNC1. The Kier molecular flexibility index (Phi) is 3.34. The van der Waals surface area contributed by atoms with Gasteiger partial charge in [-0.2, -0.15) is 0 Å². The van der Waals surface area contributed by atoms with Crippen molar-refractivity contribution >= 4 is 0 Å². The molecule has 0 spiro atoms. The van der Waals surface area contributed by atoms with Gasteiger partial charge < -0.3 is 10.4 Å². The van der Waals surface area contributed by atoms with Gasteiger partial charge in [-0.3, -0.25) is 0 Å². The normalized spacial score (nSPS) is 23.7. The molecular weight excluding hydrogens is 193 g/mol. The number of hydrogen-bond donors (Lipinski definition) is 2. The number of nitrogens with one attached hydrogen (secondary N) is 1. The van der Waals surface area contributed by atoms with Crippen LogP contribution in [0.15, 0.2) is 24.3 Å². The summed E-state index contributed by atoms with van der Waals surface area (Å²) in [5, 5.41) is 13.3. The van der Waals surface area contributed by atoms with E-state index < -0.39 is 6.10 Å². The lowest BCUT2D eigenvalue weighted by molar-refractivity contribution is 0.0919. The van der Waals surface area contributed by atoms with E-state index in [0.717, 1.165) is 25.9 Å². The minimum Gasteiger partial charge on any atom is -0.388 e. The van der Waals surface area contributed by atoms with E-state index in [4.69, 9.17) is 0 Å². The zero-order valence-corrected chi connectivity index (χ0v) is 8.62. The Labute approximate surface area is 89.1 Å². The lowest BCUT2D eigenvalue weighted by Crippen LogP contribution is -2.33. The average Bonchev–Trinajstić information content (AvgIpc) is 2.29. The van der Waals surface area contributed by atoms with Crippen LogP contribution in [0.3, 0.4) is 0 Å². The van der Waals surface area contributed by atoms with Gasteiger partial charge in [-0.25, -0.2) is 4.39 Å². The van der Waals surface area contributed by atoms with Crippen LogP contribution < -0.4 is 5.32 Å². The largest absolute Gasteiger partial charge is 0.388 e.